The first-order valence-electron chi connectivity index (χ1n) is 4.64. The van der Waals surface area contributed by atoms with Gasteiger partial charge in [0.15, 0.2) is 9.84 Å². The van der Waals surface area contributed by atoms with E-state index in [1.54, 1.807) is 20.9 Å². The van der Waals surface area contributed by atoms with Crippen molar-refractivity contribution < 1.29 is 8.42 Å². The molecule has 7 heteroatoms. The zero-order valence-electron chi connectivity index (χ0n) is 9.04. The minimum Gasteiger partial charge on any atom is -0.285 e. The number of nitrogens with zero attached hydrogens (tertiary/aromatic N) is 3. The van der Waals surface area contributed by atoms with E-state index < -0.39 is 15.1 Å². The van der Waals surface area contributed by atoms with Crippen molar-refractivity contribution >= 4 is 9.84 Å². The van der Waals surface area contributed by atoms with Gasteiger partial charge in [-0.3, -0.25) is 4.57 Å². The molecule has 1 heterocycles. The SMILES string of the molecule is CC(C)S(=O)(=O)CCn1ncn(C)c1=O. The summed E-state index contributed by atoms with van der Waals surface area (Å²) >= 11 is 0. The van der Waals surface area contributed by atoms with Crippen molar-refractivity contribution in [2.75, 3.05) is 5.75 Å². The van der Waals surface area contributed by atoms with E-state index in [-0.39, 0.29) is 18.0 Å². The van der Waals surface area contributed by atoms with Gasteiger partial charge in [0.25, 0.3) is 0 Å². The normalized spacial score (nSPS) is 12.3. The highest BCUT2D eigenvalue weighted by Gasteiger charge is 2.16. The van der Waals surface area contributed by atoms with E-state index in [1.807, 2.05) is 0 Å². The summed E-state index contributed by atoms with van der Waals surface area (Å²) in [5, 5.41) is 3.36. The summed E-state index contributed by atoms with van der Waals surface area (Å²) in [4.78, 5) is 11.3. The fraction of sp³-hybridized carbons (Fsp3) is 0.750. The largest absolute Gasteiger partial charge is 0.345 e. The van der Waals surface area contributed by atoms with Gasteiger partial charge in [-0.1, -0.05) is 0 Å². The average Bonchev–Trinajstić information content (AvgIpc) is 2.45. The van der Waals surface area contributed by atoms with Crippen LogP contribution in [0.4, 0.5) is 0 Å². The molecule has 86 valence electrons. The van der Waals surface area contributed by atoms with Crippen LogP contribution in [-0.2, 0) is 23.4 Å². The smallest absolute Gasteiger partial charge is 0.285 e. The van der Waals surface area contributed by atoms with Gasteiger partial charge in [-0.05, 0) is 13.8 Å². The minimum atomic E-state index is -3.11. The number of aryl methyl sites for hydroxylation is 2. The lowest BCUT2D eigenvalue weighted by Crippen LogP contribution is -2.28. The molecule has 1 aromatic heterocycles. The lowest BCUT2D eigenvalue weighted by atomic mass is 10.6. The molecule has 15 heavy (non-hydrogen) atoms. The molecule has 0 unspecified atom stereocenters. The monoisotopic (exact) mass is 233 g/mol. The van der Waals surface area contributed by atoms with Crippen LogP contribution in [0, 0.1) is 0 Å². The van der Waals surface area contributed by atoms with Crippen molar-refractivity contribution in [1.29, 1.82) is 0 Å². The highest BCUT2D eigenvalue weighted by Crippen LogP contribution is 2.00. The maximum atomic E-state index is 11.5. The second-order valence-corrected chi connectivity index (χ2v) is 6.34. The van der Waals surface area contributed by atoms with E-state index in [4.69, 9.17) is 0 Å². The molecule has 1 rings (SSSR count). The quantitative estimate of drug-likeness (QED) is 0.696. The average molecular weight is 233 g/mol. The van der Waals surface area contributed by atoms with E-state index >= 15 is 0 Å². The zero-order valence-corrected chi connectivity index (χ0v) is 9.86. The predicted octanol–water partition coefficient (Wildman–Crippen LogP) is -0.595. The van der Waals surface area contributed by atoms with E-state index in [0.29, 0.717) is 0 Å². The van der Waals surface area contributed by atoms with Crippen molar-refractivity contribution in [2.24, 2.45) is 7.05 Å². The molecule has 0 N–H and O–H groups in total. The van der Waals surface area contributed by atoms with Crippen molar-refractivity contribution in [3.8, 4) is 0 Å². The Morgan fingerprint density at radius 2 is 2.07 bits per heavy atom. The fourth-order valence-electron chi connectivity index (χ4n) is 1.02. The molecule has 0 fully saturated rings. The van der Waals surface area contributed by atoms with Crippen LogP contribution in [0.15, 0.2) is 11.1 Å². The molecule has 0 atom stereocenters. The van der Waals surface area contributed by atoms with Gasteiger partial charge in [-0.15, -0.1) is 0 Å². The molecule has 0 spiro atoms. The lowest BCUT2D eigenvalue weighted by molar-refractivity contribution is 0.566. The Hall–Kier alpha value is -1.11. The first-order chi connectivity index (χ1) is 6.84. The third-order valence-electron chi connectivity index (χ3n) is 2.19. The maximum Gasteiger partial charge on any atom is 0.345 e. The van der Waals surface area contributed by atoms with Crippen LogP contribution in [0.2, 0.25) is 0 Å². The topological polar surface area (TPSA) is 74.0 Å². The molecule has 0 aliphatic rings. The van der Waals surface area contributed by atoms with E-state index in [1.165, 1.54) is 10.9 Å². The summed E-state index contributed by atoms with van der Waals surface area (Å²) in [6.07, 6.45) is 1.37. The van der Waals surface area contributed by atoms with Gasteiger partial charge in [0, 0.05) is 7.05 Å². The van der Waals surface area contributed by atoms with Gasteiger partial charge in [-0.2, -0.15) is 5.10 Å². The van der Waals surface area contributed by atoms with Crippen LogP contribution >= 0.6 is 0 Å². The van der Waals surface area contributed by atoms with E-state index in [0.717, 1.165) is 4.68 Å². The Labute approximate surface area is 88.4 Å². The molecule has 6 nitrogen and oxygen atoms in total. The van der Waals surface area contributed by atoms with Gasteiger partial charge >= 0.3 is 5.69 Å². The molecule has 0 aromatic carbocycles. The predicted molar refractivity (Wildman–Crippen MR) is 56.4 cm³/mol. The number of sulfone groups is 1. The van der Waals surface area contributed by atoms with Crippen molar-refractivity contribution in [1.82, 2.24) is 14.3 Å². The fourth-order valence-corrected chi connectivity index (χ4v) is 1.92. The number of aromatic nitrogens is 3. The lowest BCUT2D eigenvalue weighted by Gasteiger charge is -2.06. The Bertz CT molecular complexity index is 483. The molecule has 0 radical (unpaired) electrons. The Morgan fingerprint density at radius 3 is 2.47 bits per heavy atom. The van der Waals surface area contributed by atoms with Crippen LogP contribution in [0.1, 0.15) is 13.8 Å². The highest BCUT2D eigenvalue weighted by atomic mass is 32.2. The second kappa shape index (κ2) is 4.18. The molecule has 0 aliphatic carbocycles. The van der Waals surface area contributed by atoms with Gasteiger partial charge in [0.1, 0.15) is 6.33 Å². The molecule has 0 amide bonds. The minimum absolute atomic E-state index is 0.0540. The van der Waals surface area contributed by atoms with Crippen LogP contribution < -0.4 is 5.69 Å². The standard InChI is InChI=1S/C8H15N3O3S/c1-7(2)15(13,14)5-4-11-8(12)10(3)6-9-11/h6-7H,4-5H2,1-3H3. The summed E-state index contributed by atoms with van der Waals surface area (Å²) in [7, 11) is -1.54. The van der Waals surface area contributed by atoms with Gasteiger partial charge < -0.3 is 0 Å². The molecule has 1 aromatic rings. The number of rotatable bonds is 4. The van der Waals surface area contributed by atoms with Gasteiger partial charge in [0.05, 0.1) is 17.5 Å². The summed E-state index contributed by atoms with van der Waals surface area (Å²) in [6.45, 7) is 3.35. The summed E-state index contributed by atoms with van der Waals surface area (Å²) in [5.74, 6) is -0.0540. The maximum absolute atomic E-state index is 11.5. The summed E-state index contributed by atoms with van der Waals surface area (Å²) in [6, 6.07) is 0. The van der Waals surface area contributed by atoms with Crippen LogP contribution in [0.3, 0.4) is 0 Å². The number of hydrogen-bond acceptors (Lipinski definition) is 4. The van der Waals surface area contributed by atoms with Gasteiger partial charge in [0.2, 0.25) is 0 Å². The van der Waals surface area contributed by atoms with E-state index in [2.05, 4.69) is 5.10 Å². The van der Waals surface area contributed by atoms with Crippen LogP contribution in [-0.4, -0.2) is 33.8 Å². The molecular weight excluding hydrogens is 218 g/mol. The molecule has 0 bridgehead atoms. The van der Waals surface area contributed by atoms with E-state index in [9.17, 15) is 13.2 Å². The Morgan fingerprint density at radius 1 is 1.47 bits per heavy atom. The molecule has 0 saturated heterocycles. The zero-order chi connectivity index (χ0) is 11.6. The van der Waals surface area contributed by atoms with Crippen LogP contribution in [0.5, 0.6) is 0 Å². The molecule has 0 saturated carbocycles. The van der Waals surface area contributed by atoms with Gasteiger partial charge in [-0.25, -0.2) is 17.9 Å². The first kappa shape index (κ1) is 12.0. The second-order valence-electron chi connectivity index (χ2n) is 3.66. The summed E-state index contributed by atoms with van der Waals surface area (Å²) in [5.41, 5.74) is -0.297. The number of hydrogen-bond donors (Lipinski definition) is 0. The highest BCUT2D eigenvalue weighted by molar-refractivity contribution is 7.91. The molecule has 0 aliphatic heterocycles. The Kier molecular flexibility index (Phi) is 3.33. The molecular formula is C8H15N3O3S. The van der Waals surface area contributed by atoms with Crippen molar-refractivity contribution in [3.05, 3.63) is 16.8 Å². The third kappa shape index (κ3) is 2.68. The Balaban J connectivity index is 2.75. The van der Waals surface area contributed by atoms with Crippen LogP contribution in [0.25, 0.3) is 0 Å². The first-order valence-corrected chi connectivity index (χ1v) is 6.36. The van der Waals surface area contributed by atoms with Crippen molar-refractivity contribution in [2.45, 2.75) is 25.6 Å². The van der Waals surface area contributed by atoms with Crippen molar-refractivity contribution in [3.63, 3.8) is 0 Å². The summed E-state index contributed by atoms with van der Waals surface area (Å²) < 4.78 is 25.4. The third-order valence-corrected chi connectivity index (χ3v) is 4.38.